The van der Waals surface area contributed by atoms with Gasteiger partial charge in [0.2, 0.25) is 11.5 Å². The van der Waals surface area contributed by atoms with Gasteiger partial charge < -0.3 is 20.9 Å². The molecule has 9 nitrogen and oxygen atoms in total. The molecule has 9 heteroatoms. The molecular formula is C19H26N6O3. The molecule has 0 saturated carbocycles. The maximum atomic E-state index is 12.7. The number of benzene rings is 1. The van der Waals surface area contributed by atoms with E-state index in [1.54, 1.807) is 9.80 Å². The number of urea groups is 1. The molecule has 3 amide bonds. The zero-order valence-corrected chi connectivity index (χ0v) is 16.2. The van der Waals surface area contributed by atoms with Crippen LogP contribution in [0.15, 0.2) is 28.9 Å². The van der Waals surface area contributed by atoms with Crippen molar-refractivity contribution in [3.8, 4) is 0 Å². The van der Waals surface area contributed by atoms with E-state index in [2.05, 4.69) is 34.1 Å². The lowest BCUT2D eigenvalue weighted by molar-refractivity contribution is 0.0712. The standard InChI is InChI=1S/C19H26N6O3/c1-13(2)14-5-7-15(8-6-14)21-19(27)25-10-4-3-9-24(11-12-25)18(26)16-17(20)23-28-22-16/h5-8,13H,3-4,9-12H2,1-2H3,(H2,20,23)(H,21,27). The van der Waals surface area contributed by atoms with Gasteiger partial charge in [-0.25, -0.2) is 9.42 Å². The molecule has 1 aromatic carbocycles. The number of nitrogens with two attached hydrogens (primary N) is 1. The normalized spacial score (nSPS) is 15.2. The fourth-order valence-corrected chi connectivity index (χ4v) is 3.12. The largest absolute Gasteiger partial charge is 0.379 e. The average molecular weight is 386 g/mol. The second kappa shape index (κ2) is 8.73. The Morgan fingerprint density at radius 3 is 2.29 bits per heavy atom. The van der Waals surface area contributed by atoms with E-state index >= 15 is 0 Å². The van der Waals surface area contributed by atoms with Crippen LogP contribution in [0.2, 0.25) is 0 Å². The Balaban J connectivity index is 1.60. The molecule has 0 spiro atoms. The monoisotopic (exact) mass is 386 g/mol. The number of carbonyl (C=O) groups is 2. The molecule has 0 radical (unpaired) electrons. The van der Waals surface area contributed by atoms with Crippen LogP contribution in [0.5, 0.6) is 0 Å². The molecule has 1 aromatic heterocycles. The van der Waals surface area contributed by atoms with Gasteiger partial charge in [0.25, 0.3) is 5.91 Å². The smallest absolute Gasteiger partial charge is 0.321 e. The second-order valence-corrected chi connectivity index (χ2v) is 7.19. The van der Waals surface area contributed by atoms with Crippen molar-refractivity contribution in [3.63, 3.8) is 0 Å². The highest BCUT2D eigenvalue weighted by Crippen LogP contribution is 2.18. The Morgan fingerprint density at radius 2 is 1.68 bits per heavy atom. The van der Waals surface area contributed by atoms with Crippen molar-refractivity contribution in [3.05, 3.63) is 35.5 Å². The summed E-state index contributed by atoms with van der Waals surface area (Å²) in [5, 5.41) is 9.96. The zero-order valence-electron chi connectivity index (χ0n) is 16.2. The van der Waals surface area contributed by atoms with Crippen molar-refractivity contribution in [2.45, 2.75) is 32.6 Å². The summed E-state index contributed by atoms with van der Waals surface area (Å²) in [6, 6.07) is 7.69. The quantitative estimate of drug-likeness (QED) is 0.837. The van der Waals surface area contributed by atoms with Crippen LogP contribution in [0.4, 0.5) is 16.3 Å². The van der Waals surface area contributed by atoms with Crippen molar-refractivity contribution in [2.24, 2.45) is 0 Å². The molecule has 1 aliphatic heterocycles. The lowest BCUT2D eigenvalue weighted by Crippen LogP contribution is -2.45. The number of aromatic nitrogens is 2. The van der Waals surface area contributed by atoms with Gasteiger partial charge in [-0.1, -0.05) is 26.0 Å². The van der Waals surface area contributed by atoms with E-state index in [0.29, 0.717) is 32.1 Å². The Hall–Kier alpha value is -3.10. The Labute approximate surface area is 163 Å². The summed E-state index contributed by atoms with van der Waals surface area (Å²) in [6.07, 6.45) is 1.58. The Bertz CT molecular complexity index is 817. The molecule has 0 aliphatic carbocycles. The molecule has 0 atom stereocenters. The van der Waals surface area contributed by atoms with Crippen molar-refractivity contribution in [2.75, 3.05) is 37.2 Å². The fraction of sp³-hybridized carbons (Fsp3) is 0.474. The van der Waals surface area contributed by atoms with Crippen LogP contribution in [0, 0.1) is 0 Å². The van der Waals surface area contributed by atoms with Crippen LogP contribution in [0.25, 0.3) is 0 Å². The fourth-order valence-electron chi connectivity index (χ4n) is 3.12. The van der Waals surface area contributed by atoms with Crippen LogP contribution in [-0.4, -0.2) is 58.2 Å². The summed E-state index contributed by atoms with van der Waals surface area (Å²) in [7, 11) is 0. The molecule has 1 aliphatic rings. The molecular weight excluding hydrogens is 360 g/mol. The summed E-state index contributed by atoms with van der Waals surface area (Å²) in [6.45, 7) is 6.30. The SMILES string of the molecule is CC(C)c1ccc(NC(=O)N2CCCCN(C(=O)c3nonc3N)CC2)cc1. The maximum Gasteiger partial charge on any atom is 0.321 e. The molecule has 3 rings (SSSR count). The number of anilines is 2. The molecule has 150 valence electrons. The molecule has 0 bridgehead atoms. The topological polar surface area (TPSA) is 118 Å². The van der Waals surface area contributed by atoms with Gasteiger partial charge in [0.1, 0.15) is 0 Å². The molecule has 0 unspecified atom stereocenters. The molecule has 2 aromatic rings. The lowest BCUT2D eigenvalue weighted by atomic mass is 10.0. The number of rotatable bonds is 3. The number of nitrogens with zero attached hydrogens (tertiary/aromatic N) is 4. The van der Waals surface area contributed by atoms with E-state index in [1.165, 1.54) is 5.56 Å². The van der Waals surface area contributed by atoms with Gasteiger partial charge in [-0.2, -0.15) is 0 Å². The highest BCUT2D eigenvalue weighted by molar-refractivity contribution is 5.96. The second-order valence-electron chi connectivity index (χ2n) is 7.19. The number of hydrogen-bond donors (Lipinski definition) is 2. The van der Waals surface area contributed by atoms with Crippen molar-refractivity contribution in [1.82, 2.24) is 20.1 Å². The molecule has 1 saturated heterocycles. The predicted octanol–water partition coefficient (Wildman–Crippen LogP) is 2.55. The van der Waals surface area contributed by atoms with Gasteiger partial charge in [0.15, 0.2) is 0 Å². The van der Waals surface area contributed by atoms with E-state index in [1.807, 2.05) is 24.3 Å². The first-order valence-corrected chi connectivity index (χ1v) is 9.49. The molecule has 2 heterocycles. The maximum absolute atomic E-state index is 12.7. The van der Waals surface area contributed by atoms with Gasteiger partial charge >= 0.3 is 6.03 Å². The van der Waals surface area contributed by atoms with Crippen LogP contribution < -0.4 is 11.1 Å². The van der Waals surface area contributed by atoms with Gasteiger partial charge in [-0.05, 0) is 46.8 Å². The van der Waals surface area contributed by atoms with Gasteiger partial charge in [-0.15, -0.1) is 0 Å². The van der Waals surface area contributed by atoms with E-state index in [0.717, 1.165) is 18.5 Å². The highest BCUT2D eigenvalue weighted by atomic mass is 16.6. The predicted molar refractivity (Wildman–Crippen MR) is 105 cm³/mol. The van der Waals surface area contributed by atoms with E-state index in [4.69, 9.17) is 5.73 Å². The zero-order chi connectivity index (χ0) is 20.1. The first kappa shape index (κ1) is 19.7. The summed E-state index contributed by atoms with van der Waals surface area (Å²) in [5.41, 5.74) is 7.61. The van der Waals surface area contributed by atoms with Crippen LogP contribution in [0.3, 0.4) is 0 Å². The third-order valence-electron chi connectivity index (χ3n) is 4.87. The Morgan fingerprint density at radius 1 is 1.04 bits per heavy atom. The number of hydrogen-bond acceptors (Lipinski definition) is 6. The summed E-state index contributed by atoms with van der Waals surface area (Å²) in [5.74, 6) is 0.0911. The molecule has 28 heavy (non-hydrogen) atoms. The molecule has 1 fully saturated rings. The Kier molecular flexibility index (Phi) is 6.13. The lowest BCUT2D eigenvalue weighted by Gasteiger charge is -2.30. The van der Waals surface area contributed by atoms with Crippen LogP contribution >= 0.6 is 0 Å². The summed E-state index contributed by atoms with van der Waals surface area (Å²) < 4.78 is 4.51. The third kappa shape index (κ3) is 4.59. The van der Waals surface area contributed by atoms with Gasteiger partial charge in [0.05, 0.1) is 0 Å². The minimum Gasteiger partial charge on any atom is -0.379 e. The minimum absolute atomic E-state index is 0.0156. The number of nitrogen functional groups attached to an aromatic ring is 1. The van der Waals surface area contributed by atoms with E-state index in [-0.39, 0.29) is 23.5 Å². The number of carbonyl (C=O) groups excluding carboxylic acids is 2. The minimum atomic E-state index is -0.328. The van der Waals surface area contributed by atoms with E-state index in [9.17, 15) is 9.59 Å². The van der Waals surface area contributed by atoms with Crippen LogP contribution in [-0.2, 0) is 0 Å². The number of amides is 3. The van der Waals surface area contributed by atoms with Crippen molar-refractivity contribution < 1.29 is 14.2 Å². The highest BCUT2D eigenvalue weighted by Gasteiger charge is 2.25. The summed E-state index contributed by atoms with van der Waals surface area (Å²) in [4.78, 5) is 28.6. The average Bonchev–Trinajstić information content (AvgIpc) is 3.07. The van der Waals surface area contributed by atoms with Crippen molar-refractivity contribution >= 4 is 23.4 Å². The summed E-state index contributed by atoms with van der Waals surface area (Å²) >= 11 is 0. The third-order valence-corrected chi connectivity index (χ3v) is 4.87. The number of nitrogens with one attached hydrogen (secondary N) is 1. The van der Waals surface area contributed by atoms with Gasteiger partial charge in [-0.3, -0.25) is 4.79 Å². The first-order chi connectivity index (χ1) is 13.5. The van der Waals surface area contributed by atoms with E-state index < -0.39 is 0 Å². The molecule has 3 N–H and O–H groups in total. The van der Waals surface area contributed by atoms with Crippen LogP contribution in [0.1, 0.15) is 48.7 Å². The van der Waals surface area contributed by atoms with Gasteiger partial charge in [0, 0.05) is 31.9 Å². The first-order valence-electron chi connectivity index (χ1n) is 9.49. The van der Waals surface area contributed by atoms with Crippen molar-refractivity contribution in [1.29, 1.82) is 0 Å².